The molecular formula is C83H59BN8. The predicted molar refractivity (Wildman–Crippen MR) is 381 cm³/mol. The monoisotopic (exact) mass is 1180 g/mol. The van der Waals surface area contributed by atoms with Gasteiger partial charge in [0.15, 0.2) is 23.3 Å². The van der Waals surface area contributed by atoms with E-state index in [2.05, 4.69) is 272 Å². The molecule has 2 aliphatic rings. The Kier molecular flexibility index (Phi) is 13.0. The van der Waals surface area contributed by atoms with Crippen LogP contribution < -0.4 is 26.2 Å². The van der Waals surface area contributed by atoms with Gasteiger partial charge in [0.25, 0.3) is 6.71 Å². The average Bonchev–Trinajstić information content (AvgIpc) is 0.845. The second kappa shape index (κ2) is 22.0. The number of anilines is 6. The second-order valence-corrected chi connectivity index (χ2v) is 24.8. The summed E-state index contributed by atoms with van der Waals surface area (Å²) in [5.41, 5.74) is 24.3. The summed E-state index contributed by atoms with van der Waals surface area (Å²) >= 11 is 0. The molecule has 0 saturated carbocycles. The maximum absolute atomic E-state index is 5.67. The lowest BCUT2D eigenvalue weighted by molar-refractivity contribution is 0.591. The van der Waals surface area contributed by atoms with Gasteiger partial charge in [-0.15, -0.1) is 0 Å². The molecule has 92 heavy (non-hydrogen) atoms. The van der Waals surface area contributed by atoms with Crippen molar-refractivity contribution >= 4 is 79.0 Å². The van der Waals surface area contributed by atoms with Crippen LogP contribution in [0.5, 0.6) is 0 Å². The Bertz CT molecular complexity index is 5280. The molecule has 15 aromatic rings. The van der Waals surface area contributed by atoms with Crippen molar-refractivity contribution in [3.63, 3.8) is 0 Å². The van der Waals surface area contributed by atoms with Crippen LogP contribution in [0.25, 0.3) is 107 Å². The van der Waals surface area contributed by atoms with E-state index in [4.69, 9.17) is 24.9 Å². The van der Waals surface area contributed by atoms with Crippen molar-refractivity contribution in [3.05, 3.63) is 309 Å². The number of hydrogen-bond acceptors (Lipinski definition) is 7. The fourth-order valence-corrected chi connectivity index (χ4v) is 13.8. The third-order valence-corrected chi connectivity index (χ3v) is 18.2. The number of para-hydroxylation sites is 4. The number of hydrogen-bond donors (Lipinski definition) is 0. The summed E-state index contributed by atoms with van der Waals surface area (Å²) in [5, 5.41) is 2.35. The zero-order valence-electron chi connectivity index (χ0n) is 51.0. The molecule has 0 spiro atoms. The molecule has 9 heteroatoms. The van der Waals surface area contributed by atoms with Gasteiger partial charge in [0.2, 0.25) is 0 Å². The van der Waals surface area contributed by atoms with Gasteiger partial charge < -0.3 is 14.4 Å². The minimum Gasteiger partial charge on any atom is -0.311 e. The first-order valence-corrected chi connectivity index (χ1v) is 31.4. The van der Waals surface area contributed by atoms with Crippen LogP contribution in [0.3, 0.4) is 0 Å². The smallest absolute Gasteiger partial charge is 0.252 e. The lowest BCUT2D eigenvalue weighted by atomic mass is 9.33. The highest BCUT2D eigenvalue weighted by molar-refractivity contribution is 7.00. The Balaban J connectivity index is 0.814. The molecule has 434 valence electrons. The first-order chi connectivity index (χ1) is 45.3. The Hall–Kier alpha value is -11.8. The largest absolute Gasteiger partial charge is 0.311 e. The quantitative estimate of drug-likeness (QED) is 0.126. The van der Waals surface area contributed by atoms with E-state index >= 15 is 0 Å². The summed E-state index contributed by atoms with van der Waals surface area (Å²) in [7, 11) is 0. The zero-order chi connectivity index (χ0) is 61.4. The van der Waals surface area contributed by atoms with Crippen LogP contribution in [0.4, 0.5) is 34.1 Å². The first kappa shape index (κ1) is 54.4. The summed E-state index contributed by atoms with van der Waals surface area (Å²) in [4.78, 5) is 31.7. The molecular weight excluding hydrogens is 1120 g/mol. The van der Waals surface area contributed by atoms with Crippen molar-refractivity contribution in [1.82, 2.24) is 29.5 Å². The molecule has 0 bridgehead atoms. The number of nitrogens with zero attached hydrogens (tertiary/aromatic N) is 8. The molecule has 0 amide bonds. The lowest BCUT2D eigenvalue weighted by Crippen LogP contribution is -2.61. The van der Waals surface area contributed by atoms with Crippen LogP contribution in [-0.4, -0.2) is 36.2 Å². The van der Waals surface area contributed by atoms with Crippen molar-refractivity contribution in [2.24, 2.45) is 0 Å². The molecule has 8 nitrogen and oxygen atoms in total. The van der Waals surface area contributed by atoms with Crippen molar-refractivity contribution in [1.29, 1.82) is 0 Å². The molecule has 0 saturated heterocycles. The predicted octanol–water partition coefficient (Wildman–Crippen LogP) is 18.8. The molecule has 17 rings (SSSR count). The Labute approximate surface area is 535 Å². The van der Waals surface area contributed by atoms with E-state index in [1.165, 1.54) is 55.5 Å². The molecule has 0 unspecified atom stereocenters. The van der Waals surface area contributed by atoms with Crippen molar-refractivity contribution in [2.45, 2.75) is 26.2 Å². The fourth-order valence-electron chi connectivity index (χ4n) is 13.8. The minimum absolute atomic E-state index is 0.0530. The highest BCUT2D eigenvalue weighted by atomic mass is 15.2. The van der Waals surface area contributed by atoms with Crippen LogP contribution in [0.15, 0.2) is 303 Å². The third-order valence-electron chi connectivity index (χ3n) is 18.2. The van der Waals surface area contributed by atoms with E-state index in [1.807, 2.05) is 66.7 Å². The van der Waals surface area contributed by atoms with Gasteiger partial charge in [-0.05, 0) is 136 Å². The number of aromatic nitrogens is 6. The van der Waals surface area contributed by atoms with Crippen LogP contribution >= 0.6 is 0 Å². The molecule has 0 fully saturated rings. The molecule has 0 atom stereocenters. The maximum Gasteiger partial charge on any atom is 0.252 e. The lowest BCUT2D eigenvalue weighted by Gasteiger charge is -2.44. The van der Waals surface area contributed by atoms with E-state index < -0.39 is 0 Å². The van der Waals surface area contributed by atoms with Gasteiger partial charge in [-0.1, -0.05) is 227 Å². The van der Waals surface area contributed by atoms with Crippen LogP contribution in [-0.2, 0) is 5.41 Å². The average molecular weight is 1180 g/mol. The summed E-state index contributed by atoms with van der Waals surface area (Å²) < 4.78 is 2.38. The SMILES string of the molecule is CC(C)(C)c1ccc2c(c1)c1ccccc1n2-c1ccc(-c2nc(-c3ccccc3)nc(-c3ccccc3)n2)cc1-c1nc(-c2ccccc2)cc(-c2cccc(-c3ccc(N4c5ccccc5B5c6ccccc6N(c6ccccc6)c6cccc4c65)cc3)c2)n1. The molecule has 5 heterocycles. The van der Waals surface area contributed by atoms with Crippen molar-refractivity contribution in [3.8, 4) is 84.9 Å². The topological polar surface area (TPSA) is 75.9 Å². The molecule has 0 aliphatic carbocycles. The zero-order valence-corrected chi connectivity index (χ0v) is 51.0. The van der Waals surface area contributed by atoms with E-state index in [1.54, 1.807) is 0 Å². The van der Waals surface area contributed by atoms with E-state index in [0.717, 1.165) is 84.0 Å². The number of rotatable bonds is 10. The van der Waals surface area contributed by atoms with Gasteiger partial charge in [-0.25, -0.2) is 24.9 Å². The molecule has 12 aromatic carbocycles. The minimum atomic E-state index is -0.0530. The van der Waals surface area contributed by atoms with Gasteiger partial charge >= 0.3 is 0 Å². The number of fused-ring (bicyclic) bond motifs is 7. The van der Waals surface area contributed by atoms with Crippen molar-refractivity contribution < 1.29 is 0 Å². The van der Waals surface area contributed by atoms with E-state index in [0.29, 0.717) is 23.3 Å². The van der Waals surface area contributed by atoms with Gasteiger partial charge in [0, 0.05) is 78.3 Å². The molecule has 0 radical (unpaired) electrons. The van der Waals surface area contributed by atoms with Crippen molar-refractivity contribution in [2.75, 3.05) is 9.80 Å². The van der Waals surface area contributed by atoms with Crippen LogP contribution in [0.1, 0.15) is 26.3 Å². The summed E-state index contributed by atoms with van der Waals surface area (Å²) in [6.07, 6.45) is 0. The summed E-state index contributed by atoms with van der Waals surface area (Å²) in [6, 6.07) is 108. The first-order valence-electron chi connectivity index (χ1n) is 31.4. The van der Waals surface area contributed by atoms with Crippen LogP contribution in [0, 0.1) is 0 Å². The van der Waals surface area contributed by atoms with E-state index in [9.17, 15) is 0 Å². The molecule has 0 N–H and O–H groups in total. The maximum atomic E-state index is 5.67. The van der Waals surface area contributed by atoms with Gasteiger partial charge in [-0.3, -0.25) is 0 Å². The molecule has 2 aliphatic heterocycles. The highest BCUT2D eigenvalue weighted by Gasteiger charge is 2.43. The standard InChI is InChI=1S/C83H59BN8/c1-83(2,3)61-45-49-72-65(52-61)64-34-16-19-37-71(64)92(72)73-48-44-60(81-88-79(56-26-10-5-11-27-56)87-80(89-81)57-28-12-6-13-29-57)51-66(73)82-85-69(55-24-8-4-9-25-55)53-70(86-82)59-31-22-30-58(50-59)54-42-46-63(47-43-54)91-75-39-21-18-36-68(75)84-67-35-17-20-38-74(67)90(62-32-14-7-15-33-62)76-40-23-41-77(91)78(76)84/h4-53H,1-3H3. The Morgan fingerprint density at radius 1 is 0.293 bits per heavy atom. The third kappa shape index (κ3) is 9.35. The van der Waals surface area contributed by atoms with E-state index in [-0.39, 0.29) is 12.1 Å². The summed E-state index contributed by atoms with van der Waals surface area (Å²) in [5.74, 6) is 2.28. The Morgan fingerprint density at radius 3 is 1.40 bits per heavy atom. The molecule has 3 aromatic heterocycles. The Morgan fingerprint density at radius 2 is 0.772 bits per heavy atom. The van der Waals surface area contributed by atoms with Gasteiger partial charge in [0.1, 0.15) is 0 Å². The van der Waals surface area contributed by atoms with Gasteiger partial charge in [0.05, 0.1) is 28.1 Å². The highest BCUT2D eigenvalue weighted by Crippen LogP contribution is 2.45. The van der Waals surface area contributed by atoms with Crippen LogP contribution in [0.2, 0.25) is 0 Å². The summed E-state index contributed by atoms with van der Waals surface area (Å²) in [6.45, 7) is 6.89. The fraction of sp³-hybridized carbons (Fsp3) is 0.0482. The second-order valence-electron chi connectivity index (χ2n) is 24.8. The van der Waals surface area contributed by atoms with Gasteiger partial charge in [-0.2, -0.15) is 0 Å². The normalized spacial score (nSPS) is 12.4. The number of benzene rings is 12.